The minimum atomic E-state index is -4.41. The molecule has 0 amide bonds. The fourth-order valence-electron chi connectivity index (χ4n) is 1.88. The van der Waals surface area contributed by atoms with Crippen LogP contribution in [-0.4, -0.2) is 22.9 Å². The minimum Gasteiger partial charge on any atom is -0.469 e. The normalized spacial score (nSPS) is 11.4. The molecule has 0 aliphatic rings. The van der Waals surface area contributed by atoms with Gasteiger partial charge in [0, 0.05) is 6.20 Å². The second kappa shape index (κ2) is 5.99. The van der Waals surface area contributed by atoms with Crippen molar-refractivity contribution < 1.29 is 22.7 Å². The van der Waals surface area contributed by atoms with Gasteiger partial charge >= 0.3 is 12.1 Å². The first-order chi connectivity index (χ1) is 9.90. The van der Waals surface area contributed by atoms with Gasteiger partial charge in [-0.3, -0.25) is 9.48 Å². The molecule has 1 aromatic carbocycles. The van der Waals surface area contributed by atoms with Gasteiger partial charge in [0.05, 0.1) is 31.8 Å². The number of rotatable bonds is 4. The van der Waals surface area contributed by atoms with E-state index in [0.717, 1.165) is 18.0 Å². The highest BCUT2D eigenvalue weighted by atomic mass is 19.4. The van der Waals surface area contributed by atoms with E-state index >= 15 is 0 Å². The Kier molecular flexibility index (Phi) is 4.30. The molecule has 1 heterocycles. The lowest BCUT2D eigenvalue weighted by atomic mass is 10.0. The van der Waals surface area contributed by atoms with E-state index in [1.807, 2.05) is 0 Å². The van der Waals surface area contributed by atoms with E-state index < -0.39 is 17.7 Å². The number of alkyl halides is 3. The van der Waals surface area contributed by atoms with Gasteiger partial charge in [-0.15, -0.1) is 0 Å². The fourth-order valence-corrected chi connectivity index (χ4v) is 1.88. The number of carbonyl (C=O) groups is 1. The number of benzene rings is 1. The summed E-state index contributed by atoms with van der Waals surface area (Å²) in [5.41, 5.74) is 0.626. The molecule has 0 radical (unpaired) electrons. The van der Waals surface area contributed by atoms with Crippen molar-refractivity contribution in [2.45, 2.75) is 19.1 Å². The van der Waals surface area contributed by atoms with Crippen LogP contribution >= 0.6 is 0 Å². The topological polar surface area (TPSA) is 44.1 Å². The molecular formula is C14H13F3N2O2. The molecule has 1 aromatic heterocycles. The van der Waals surface area contributed by atoms with E-state index in [4.69, 9.17) is 0 Å². The van der Waals surface area contributed by atoms with E-state index in [9.17, 15) is 18.0 Å². The highest BCUT2D eigenvalue weighted by Crippen LogP contribution is 2.28. The summed E-state index contributed by atoms with van der Waals surface area (Å²) >= 11 is 0. The SMILES string of the molecule is COC(=O)Cc1ccccc1Cn1cc(C(F)(F)F)cn1. The van der Waals surface area contributed by atoms with Gasteiger partial charge in [-0.25, -0.2) is 0 Å². The molecule has 0 unspecified atom stereocenters. The molecular weight excluding hydrogens is 285 g/mol. The standard InChI is InChI=1S/C14H13F3N2O2/c1-21-13(20)6-10-4-2-3-5-11(10)8-19-9-12(7-18-19)14(15,16)17/h2-5,7,9H,6,8H2,1H3. The number of hydrogen-bond donors (Lipinski definition) is 0. The van der Waals surface area contributed by atoms with E-state index in [1.165, 1.54) is 11.8 Å². The van der Waals surface area contributed by atoms with Crippen LogP contribution in [0.5, 0.6) is 0 Å². The third-order valence-electron chi connectivity index (χ3n) is 2.97. The molecule has 0 N–H and O–H groups in total. The van der Waals surface area contributed by atoms with Crippen LogP contribution in [0.4, 0.5) is 13.2 Å². The second-order valence-corrected chi connectivity index (χ2v) is 4.45. The van der Waals surface area contributed by atoms with Crippen molar-refractivity contribution in [3.05, 3.63) is 53.3 Å². The van der Waals surface area contributed by atoms with E-state index in [1.54, 1.807) is 24.3 Å². The number of hydrogen-bond acceptors (Lipinski definition) is 3. The number of methoxy groups -OCH3 is 1. The van der Waals surface area contributed by atoms with Crippen LogP contribution in [0, 0.1) is 0 Å². The lowest BCUT2D eigenvalue weighted by molar-refractivity contribution is -0.140. The molecule has 0 spiro atoms. The number of nitrogens with zero attached hydrogens (tertiary/aromatic N) is 2. The number of carbonyl (C=O) groups excluding carboxylic acids is 1. The van der Waals surface area contributed by atoms with Crippen molar-refractivity contribution in [1.82, 2.24) is 9.78 Å². The van der Waals surface area contributed by atoms with Crippen LogP contribution in [0.1, 0.15) is 16.7 Å². The second-order valence-electron chi connectivity index (χ2n) is 4.45. The molecule has 0 fully saturated rings. The molecule has 21 heavy (non-hydrogen) atoms. The Morgan fingerprint density at radius 2 is 1.95 bits per heavy atom. The first-order valence-corrected chi connectivity index (χ1v) is 6.13. The predicted molar refractivity (Wildman–Crippen MR) is 68.5 cm³/mol. The Labute approximate surface area is 119 Å². The molecule has 0 saturated heterocycles. The summed E-state index contributed by atoms with van der Waals surface area (Å²) in [7, 11) is 1.29. The molecule has 0 aliphatic carbocycles. The molecule has 0 atom stereocenters. The first-order valence-electron chi connectivity index (χ1n) is 6.13. The molecule has 0 bridgehead atoms. The Morgan fingerprint density at radius 1 is 1.29 bits per heavy atom. The van der Waals surface area contributed by atoms with Gasteiger partial charge in [0.2, 0.25) is 0 Å². The largest absolute Gasteiger partial charge is 0.469 e. The van der Waals surface area contributed by atoms with Gasteiger partial charge in [-0.05, 0) is 11.1 Å². The van der Waals surface area contributed by atoms with Crippen molar-refractivity contribution in [3.8, 4) is 0 Å². The Morgan fingerprint density at radius 3 is 2.52 bits per heavy atom. The number of halogens is 3. The molecule has 0 aliphatic heterocycles. The van der Waals surface area contributed by atoms with Crippen molar-refractivity contribution in [1.29, 1.82) is 0 Å². The summed E-state index contributed by atoms with van der Waals surface area (Å²) in [5, 5.41) is 3.70. The zero-order valence-electron chi connectivity index (χ0n) is 11.2. The molecule has 112 valence electrons. The quantitative estimate of drug-likeness (QED) is 0.815. The third-order valence-corrected chi connectivity index (χ3v) is 2.97. The van der Waals surface area contributed by atoms with Crippen molar-refractivity contribution in [2.75, 3.05) is 7.11 Å². The first kappa shape index (κ1) is 15.1. The highest BCUT2D eigenvalue weighted by Gasteiger charge is 2.32. The van der Waals surface area contributed by atoms with Gasteiger partial charge in [0.15, 0.2) is 0 Å². The van der Waals surface area contributed by atoms with Crippen molar-refractivity contribution in [2.24, 2.45) is 0 Å². The van der Waals surface area contributed by atoms with Crippen LogP contribution in [0.3, 0.4) is 0 Å². The van der Waals surface area contributed by atoms with Gasteiger partial charge in [0.1, 0.15) is 0 Å². The Balaban J connectivity index is 2.20. The maximum Gasteiger partial charge on any atom is 0.419 e. The van der Waals surface area contributed by atoms with Crippen LogP contribution in [0.25, 0.3) is 0 Å². The highest BCUT2D eigenvalue weighted by molar-refractivity contribution is 5.72. The van der Waals surface area contributed by atoms with Gasteiger partial charge in [0.25, 0.3) is 0 Å². The summed E-state index contributed by atoms with van der Waals surface area (Å²) in [5.74, 6) is -0.404. The van der Waals surface area contributed by atoms with Gasteiger partial charge in [-0.2, -0.15) is 18.3 Å². The zero-order valence-corrected chi connectivity index (χ0v) is 11.2. The van der Waals surface area contributed by atoms with E-state index in [0.29, 0.717) is 5.56 Å². The monoisotopic (exact) mass is 298 g/mol. The average molecular weight is 298 g/mol. The average Bonchev–Trinajstić information content (AvgIpc) is 2.89. The lowest BCUT2D eigenvalue weighted by Gasteiger charge is -2.09. The number of aromatic nitrogens is 2. The summed E-state index contributed by atoms with van der Waals surface area (Å²) in [6.45, 7) is 0.156. The van der Waals surface area contributed by atoms with Crippen LogP contribution in [0.15, 0.2) is 36.7 Å². The molecule has 4 nitrogen and oxygen atoms in total. The van der Waals surface area contributed by atoms with E-state index in [-0.39, 0.29) is 13.0 Å². The summed E-state index contributed by atoms with van der Waals surface area (Å²) in [6, 6.07) is 6.99. The fraction of sp³-hybridized carbons (Fsp3) is 0.286. The van der Waals surface area contributed by atoms with Crippen LogP contribution < -0.4 is 0 Å². The molecule has 2 aromatic rings. The zero-order chi connectivity index (χ0) is 15.5. The van der Waals surface area contributed by atoms with Crippen LogP contribution in [0.2, 0.25) is 0 Å². The van der Waals surface area contributed by atoms with Crippen molar-refractivity contribution >= 4 is 5.97 Å². The molecule has 2 rings (SSSR count). The maximum atomic E-state index is 12.5. The summed E-state index contributed by atoms with van der Waals surface area (Å²) < 4.78 is 43.4. The van der Waals surface area contributed by atoms with Crippen LogP contribution in [-0.2, 0) is 28.7 Å². The Hall–Kier alpha value is -2.31. The van der Waals surface area contributed by atoms with Gasteiger partial charge < -0.3 is 4.74 Å². The number of ether oxygens (including phenoxy) is 1. The number of esters is 1. The lowest BCUT2D eigenvalue weighted by Crippen LogP contribution is -2.09. The maximum absolute atomic E-state index is 12.5. The Bertz CT molecular complexity index is 635. The molecule has 7 heteroatoms. The predicted octanol–water partition coefficient (Wildman–Crippen LogP) is 2.67. The minimum absolute atomic E-state index is 0.0695. The summed E-state index contributed by atoms with van der Waals surface area (Å²) in [4.78, 5) is 11.3. The third kappa shape index (κ3) is 3.84. The molecule has 0 saturated carbocycles. The van der Waals surface area contributed by atoms with Gasteiger partial charge in [-0.1, -0.05) is 24.3 Å². The summed E-state index contributed by atoms with van der Waals surface area (Å²) in [6.07, 6.45) is -2.62. The van der Waals surface area contributed by atoms with Crippen molar-refractivity contribution in [3.63, 3.8) is 0 Å². The van der Waals surface area contributed by atoms with E-state index in [2.05, 4.69) is 9.84 Å². The smallest absolute Gasteiger partial charge is 0.419 e.